The number of aryl methyl sites for hydroxylation is 2. The molecule has 37 heavy (non-hydrogen) atoms. The van der Waals surface area contributed by atoms with Gasteiger partial charge in [-0.1, -0.05) is 66.7 Å². The van der Waals surface area contributed by atoms with Gasteiger partial charge >= 0.3 is 0 Å². The van der Waals surface area contributed by atoms with Gasteiger partial charge in [0.2, 0.25) is 0 Å². The van der Waals surface area contributed by atoms with Crippen LogP contribution in [0.4, 0.5) is 0 Å². The van der Waals surface area contributed by atoms with Crippen LogP contribution in [0.1, 0.15) is 33.0 Å². The Labute approximate surface area is 223 Å². The van der Waals surface area contributed by atoms with E-state index in [9.17, 15) is 13.2 Å². The summed E-state index contributed by atoms with van der Waals surface area (Å²) >= 11 is 3.74. The molecule has 0 fully saturated rings. The molecule has 7 nitrogen and oxygen atoms in total. The summed E-state index contributed by atoms with van der Waals surface area (Å²) in [7, 11) is -4.02. The third-order valence-electron chi connectivity index (χ3n) is 6.06. The highest BCUT2D eigenvalue weighted by Gasteiger charge is 2.20. The first-order valence-electron chi connectivity index (χ1n) is 11.5. The zero-order valence-corrected chi connectivity index (χ0v) is 22.5. The Hall–Kier alpha value is -3.82. The molecule has 0 bridgehead atoms. The second-order valence-electron chi connectivity index (χ2n) is 8.69. The largest absolute Gasteiger partial charge is 0.308 e. The molecule has 0 aliphatic heterocycles. The molecule has 1 amide bonds. The average molecular weight is 575 g/mol. The fourth-order valence-electron chi connectivity index (χ4n) is 4.18. The van der Waals surface area contributed by atoms with Crippen LogP contribution in [0.25, 0.3) is 28.0 Å². The maximum absolute atomic E-state index is 12.9. The number of sulfonamides is 1. The lowest BCUT2D eigenvalue weighted by molar-refractivity contribution is 0.0977. The Morgan fingerprint density at radius 1 is 1.00 bits per heavy atom. The SMILES string of the molecule is Cc1cc(C(=O)NS(=O)(=O)/C=C/c2ccccc2)nc2c1nc(C)n2Cc1ccc2ccccc2c1Br. The lowest BCUT2D eigenvalue weighted by Crippen LogP contribution is -2.29. The van der Waals surface area contributed by atoms with E-state index >= 15 is 0 Å². The molecule has 0 spiro atoms. The first-order chi connectivity index (χ1) is 17.7. The van der Waals surface area contributed by atoms with E-state index in [4.69, 9.17) is 0 Å². The van der Waals surface area contributed by atoms with Gasteiger partial charge in [-0.3, -0.25) is 4.79 Å². The summed E-state index contributed by atoms with van der Waals surface area (Å²) < 4.78 is 30.0. The molecule has 1 N–H and O–H groups in total. The van der Waals surface area contributed by atoms with Crippen molar-refractivity contribution in [2.45, 2.75) is 20.4 Å². The van der Waals surface area contributed by atoms with Crippen LogP contribution in [0.2, 0.25) is 0 Å². The second kappa shape index (κ2) is 9.91. The quantitative estimate of drug-likeness (QED) is 0.279. The van der Waals surface area contributed by atoms with E-state index in [1.54, 1.807) is 30.3 Å². The van der Waals surface area contributed by atoms with Gasteiger partial charge in [-0.05, 0) is 69.4 Å². The van der Waals surface area contributed by atoms with Crippen LogP contribution in [0.3, 0.4) is 0 Å². The lowest BCUT2D eigenvalue weighted by Gasteiger charge is -2.11. The number of nitrogens with zero attached hydrogens (tertiary/aromatic N) is 3. The molecule has 0 saturated carbocycles. The number of hydrogen-bond acceptors (Lipinski definition) is 5. The van der Waals surface area contributed by atoms with Crippen molar-refractivity contribution in [2.75, 3.05) is 0 Å². The number of benzene rings is 3. The van der Waals surface area contributed by atoms with Crippen molar-refractivity contribution in [3.8, 4) is 0 Å². The molecule has 2 aromatic heterocycles. The van der Waals surface area contributed by atoms with E-state index in [1.165, 1.54) is 6.08 Å². The van der Waals surface area contributed by atoms with Gasteiger partial charge in [0.25, 0.3) is 15.9 Å². The highest BCUT2D eigenvalue weighted by Crippen LogP contribution is 2.29. The third kappa shape index (κ3) is 5.19. The molecule has 0 aliphatic carbocycles. The topological polar surface area (TPSA) is 93.9 Å². The number of rotatable bonds is 6. The standard InChI is InChI=1S/C28H23BrN4O3S/c1-18-16-24(28(34)32-37(35,36)15-14-20-8-4-3-5-9-20)31-27-26(18)30-19(2)33(27)17-22-13-12-21-10-6-7-11-23(21)25(22)29/h3-16H,17H2,1-2H3,(H,32,34)/b15-14+. The normalized spacial score (nSPS) is 12.0. The molecule has 9 heteroatoms. The maximum atomic E-state index is 12.9. The number of fused-ring (bicyclic) bond motifs is 2. The van der Waals surface area contributed by atoms with Gasteiger partial charge in [0, 0.05) is 4.47 Å². The number of carbonyl (C=O) groups excluding carboxylic acids is 1. The second-order valence-corrected chi connectivity index (χ2v) is 11.1. The molecule has 5 rings (SSSR count). The van der Waals surface area contributed by atoms with Crippen LogP contribution in [-0.2, 0) is 16.6 Å². The van der Waals surface area contributed by atoms with Crippen LogP contribution < -0.4 is 4.72 Å². The number of aromatic nitrogens is 3. The first-order valence-corrected chi connectivity index (χ1v) is 13.9. The van der Waals surface area contributed by atoms with E-state index < -0.39 is 15.9 Å². The number of imidazole rings is 1. The number of carbonyl (C=O) groups is 1. The number of amides is 1. The summed E-state index contributed by atoms with van der Waals surface area (Å²) in [6.07, 6.45) is 1.43. The van der Waals surface area contributed by atoms with Gasteiger partial charge in [0.1, 0.15) is 17.0 Å². The zero-order chi connectivity index (χ0) is 26.2. The molecule has 0 aliphatic rings. The minimum atomic E-state index is -4.02. The van der Waals surface area contributed by atoms with Crippen molar-refractivity contribution in [3.63, 3.8) is 0 Å². The van der Waals surface area contributed by atoms with Crippen molar-refractivity contribution in [2.24, 2.45) is 0 Å². The highest BCUT2D eigenvalue weighted by atomic mass is 79.9. The summed E-state index contributed by atoms with van der Waals surface area (Å²) in [5.74, 6) is -0.0679. The van der Waals surface area contributed by atoms with Crippen LogP contribution in [0, 0.1) is 13.8 Å². The van der Waals surface area contributed by atoms with E-state index in [0.29, 0.717) is 23.3 Å². The molecule has 0 radical (unpaired) electrons. The van der Waals surface area contributed by atoms with Gasteiger partial charge in [0.15, 0.2) is 5.65 Å². The van der Waals surface area contributed by atoms with E-state index in [0.717, 1.165) is 37.6 Å². The summed E-state index contributed by atoms with van der Waals surface area (Å²) in [6, 6.07) is 22.7. The Morgan fingerprint density at radius 3 is 2.51 bits per heavy atom. The average Bonchev–Trinajstić information content (AvgIpc) is 3.20. The number of pyridine rings is 1. The van der Waals surface area contributed by atoms with Gasteiger partial charge < -0.3 is 4.57 Å². The van der Waals surface area contributed by atoms with Crippen LogP contribution in [-0.4, -0.2) is 28.9 Å². The predicted molar refractivity (Wildman–Crippen MR) is 150 cm³/mol. The van der Waals surface area contributed by atoms with Crippen LogP contribution in [0.15, 0.2) is 82.7 Å². The third-order valence-corrected chi connectivity index (χ3v) is 7.96. The minimum absolute atomic E-state index is 0.000383. The van der Waals surface area contributed by atoms with Gasteiger partial charge in [-0.25, -0.2) is 23.1 Å². The molecular weight excluding hydrogens is 552 g/mol. The molecule has 186 valence electrons. The number of halogens is 1. The van der Waals surface area contributed by atoms with Crippen LogP contribution >= 0.6 is 15.9 Å². The van der Waals surface area contributed by atoms with E-state index in [2.05, 4.69) is 48.8 Å². The van der Waals surface area contributed by atoms with Gasteiger partial charge in [-0.2, -0.15) is 0 Å². The molecule has 5 aromatic rings. The van der Waals surface area contributed by atoms with Crippen LogP contribution in [0.5, 0.6) is 0 Å². The fourth-order valence-corrected chi connectivity index (χ4v) is 5.56. The molecule has 0 unspecified atom stereocenters. The lowest BCUT2D eigenvalue weighted by atomic mass is 10.1. The van der Waals surface area contributed by atoms with E-state index in [1.807, 2.05) is 42.7 Å². The molecular formula is C28H23BrN4O3S. The Kier molecular flexibility index (Phi) is 6.66. The van der Waals surface area contributed by atoms with Crippen molar-refractivity contribution < 1.29 is 13.2 Å². The van der Waals surface area contributed by atoms with Gasteiger partial charge in [0.05, 0.1) is 12.0 Å². The fraction of sp³-hybridized carbons (Fsp3) is 0.107. The first kappa shape index (κ1) is 24.9. The van der Waals surface area contributed by atoms with Crippen molar-refractivity contribution in [1.29, 1.82) is 0 Å². The van der Waals surface area contributed by atoms with Crippen molar-refractivity contribution in [3.05, 3.63) is 111 Å². The Balaban J connectivity index is 1.47. The molecule has 2 heterocycles. The predicted octanol–water partition coefficient (Wildman–Crippen LogP) is 5.74. The smallest absolute Gasteiger partial charge is 0.283 e. The summed E-state index contributed by atoms with van der Waals surface area (Å²) in [5, 5.41) is 3.19. The summed E-state index contributed by atoms with van der Waals surface area (Å²) in [6.45, 7) is 4.19. The summed E-state index contributed by atoms with van der Waals surface area (Å²) in [4.78, 5) is 22.1. The Morgan fingerprint density at radius 2 is 1.73 bits per heavy atom. The number of nitrogens with one attached hydrogen (secondary N) is 1. The summed E-state index contributed by atoms with van der Waals surface area (Å²) in [5.41, 5.74) is 3.64. The monoisotopic (exact) mass is 574 g/mol. The zero-order valence-electron chi connectivity index (χ0n) is 20.1. The van der Waals surface area contributed by atoms with Crippen molar-refractivity contribution in [1.82, 2.24) is 19.3 Å². The highest BCUT2D eigenvalue weighted by molar-refractivity contribution is 9.10. The van der Waals surface area contributed by atoms with Gasteiger partial charge in [-0.15, -0.1) is 0 Å². The maximum Gasteiger partial charge on any atom is 0.283 e. The minimum Gasteiger partial charge on any atom is -0.308 e. The number of hydrogen-bond donors (Lipinski definition) is 1. The molecule has 0 atom stereocenters. The Bertz CT molecular complexity index is 1800. The van der Waals surface area contributed by atoms with Crippen molar-refractivity contribution >= 4 is 59.9 Å². The molecule has 3 aromatic carbocycles. The molecule has 0 saturated heterocycles. The van der Waals surface area contributed by atoms with E-state index in [-0.39, 0.29) is 5.69 Å².